The lowest BCUT2D eigenvalue weighted by atomic mass is 9.60. The van der Waals surface area contributed by atoms with E-state index in [2.05, 4.69) is 52.0 Å². The third-order valence-electron chi connectivity index (χ3n) is 5.81. The van der Waals surface area contributed by atoms with Crippen LogP contribution in [0.5, 0.6) is 0 Å². The first-order valence-corrected chi connectivity index (χ1v) is 8.03. The molecule has 0 amide bonds. The predicted molar refractivity (Wildman–Crippen MR) is 85.1 cm³/mol. The maximum absolute atomic E-state index is 2.53. The number of allylic oxidation sites excluding steroid dienone is 6. The van der Waals surface area contributed by atoms with Crippen molar-refractivity contribution in [3.63, 3.8) is 0 Å². The quantitative estimate of drug-likeness (QED) is 0.463. The van der Waals surface area contributed by atoms with E-state index in [0.717, 1.165) is 11.8 Å². The summed E-state index contributed by atoms with van der Waals surface area (Å²) in [6.07, 6.45) is 17.3. The molecule has 2 bridgehead atoms. The van der Waals surface area contributed by atoms with Crippen LogP contribution in [0, 0.1) is 17.3 Å². The molecule has 2 aliphatic carbocycles. The van der Waals surface area contributed by atoms with Crippen LogP contribution in [0.1, 0.15) is 66.2 Å². The monoisotopic (exact) mass is 258 g/mol. The van der Waals surface area contributed by atoms with E-state index < -0.39 is 0 Å². The van der Waals surface area contributed by atoms with Crippen LogP contribution in [0.25, 0.3) is 0 Å². The maximum atomic E-state index is 2.53. The maximum Gasteiger partial charge on any atom is -0.0133 e. The second-order valence-electron chi connectivity index (χ2n) is 6.95. The molecule has 0 unspecified atom stereocenters. The van der Waals surface area contributed by atoms with E-state index in [1.54, 1.807) is 11.1 Å². The summed E-state index contributed by atoms with van der Waals surface area (Å²) in [7, 11) is 0. The molecular formula is C19H30. The van der Waals surface area contributed by atoms with Gasteiger partial charge in [-0.15, -0.1) is 0 Å². The molecule has 0 fully saturated rings. The fourth-order valence-electron chi connectivity index (χ4n) is 3.68. The zero-order chi connectivity index (χ0) is 13.9. The molecule has 0 heteroatoms. The lowest BCUT2D eigenvalue weighted by Crippen LogP contribution is -2.36. The van der Waals surface area contributed by atoms with Crippen LogP contribution < -0.4 is 0 Å². The van der Waals surface area contributed by atoms with Crippen molar-refractivity contribution in [1.82, 2.24) is 0 Å². The van der Waals surface area contributed by atoms with E-state index in [1.165, 1.54) is 38.5 Å². The van der Waals surface area contributed by atoms with Crippen LogP contribution in [-0.2, 0) is 0 Å². The van der Waals surface area contributed by atoms with Crippen LogP contribution in [0.4, 0.5) is 0 Å². The third kappa shape index (κ3) is 3.22. The molecule has 0 aromatic carbocycles. The van der Waals surface area contributed by atoms with Crippen molar-refractivity contribution in [2.75, 3.05) is 0 Å². The second-order valence-corrected chi connectivity index (χ2v) is 6.95. The highest BCUT2D eigenvalue weighted by Gasteiger charge is 2.39. The Bertz CT molecular complexity index is 396. The Kier molecular flexibility index (Phi) is 4.71. The minimum absolute atomic E-state index is 0.482. The topological polar surface area (TPSA) is 0 Å². The highest BCUT2D eigenvalue weighted by molar-refractivity contribution is 5.20. The summed E-state index contributed by atoms with van der Waals surface area (Å²) >= 11 is 0. The minimum atomic E-state index is 0.482. The number of hydrogen-bond donors (Lipinski definition) is 0. The van der Waals surface area contributed by atoms with E-state index in [4.69, 9.17) is 0 Å². The fraction of sp³-hybridized carbons (Fsp3) is 0.684. The second kappa shape index (κ2) is 6.11. The standard InChI is InChI=1S/C19H30/c1-15-9-7-5-6-8-14-19(4)16(2)11-13-18(12-10-15)17(19)3/h5-6,10,13,16-17H,7-9,11-12,14H2,1-4H3/b6-5+,15-10+/t16-,17-,19-/m1/s1. The van der Waals surface area contributed by atoms with Gasteiger partial charge in [0, 0.05) is 0 Å². The summed E-state index contributed by atoms with van der Waals surface area (Å²) < 4.78 is 0. The minimum Gasteiger partial charge on any atom is -0.0885 e. The smallest absolute Gasteiger partial charge is 0.0133 e. The van der Waals surface area contributed by atoms with E-state index in [9.17, 15) is 0 Å². The normalized spacial score (nSPS) is 41.3. The van der Waals surface area contributed by atoms with Crippen molar-refractivity contribution in [3.05, 3.63) is 35.5 Å². The molecule has 0 saturated heterocycles. The molecule has 0 aromatic rings. The van der Waals surface area contributed by atoms with Crippen LogP contribution in [0.2, 0.25) is 0 Å². The SMILES string of the molecule is C/C1=C\CC2=CC[C@@H](C)[C@@](C)(CC/C=C/CC1)[C@@H]2C. The zero-order valence-corrected chi connectivity index (χ0v) is 13.2. The molecule has 0 radical (unpaired) electrons. The van der Waals surface area contributed by atoms with E-state index in [-0.39, 0.29) is 0 Å². The third-order valence-corrected chi connectivity index (χ3v) is 5.81. The summed E-state index contributed by atoms with van der Waals surface area (Å²) in [6.45, 7) is 9.71. The summed E-state index contributed by atoms with van der Waals surface area (Å²) in [5.41, 5.74) is 3.72. The van der Waals surface area contributed by atoms with Gasteiger partial charge in [-0.05, 0) is 62.7 Å². The summed E-state index contributed by atoms with van der Waals surface area (Å²) in [6, 6.07) is 0. The Morgan fingerprint density at radius 3 is 2.63 bits per heavy atom. The van der Waals surface area contributed by atoms with E-state index in [0.29, 0.717) is 5.41 Å². The van der Waals surface area contributed by atoms with E-state index >= 15 is 0 Å². The molecule has 0 nitrogen and oxygen atoms in total. The molecule has 3 atom stereocenters. The molecule has 0 heterocycles. The van der Waals surface area contributed by atoms with Gasteiger partial charge in [0.15, 0.2) is 0 Å². The Hall–Kier alpha value is -0.780. The number of fused-ring (bicyclic) bond motifs is 2. The van der Waals surface area contributed by atoms with Crippen molar-refractivity contribution in [2.24, 2.45) is 17.3 Å². The predicted octanol–water partition coefficient (Wildman–Crippen LogP) is 6.06. The zero-order valence-electron chi connectivity index (χ0n) is 13.2. The average Bonchev–Trinajstić information content (AvgIpc) is 2.39. The van der Waals surface area contributed by atoms with Gasteiger partial charge in [0.25, 0.3) is 0 Å². The van der Waals surface area contributed by atoms with Gasteiger partial charge in [0.2, 0.25) is 0 Å². The van der Waals surface area contributed by atoms with Gasteiger partial charge >= 0.3 is 0 Å². The van der Waals surface area contributed by atoms with Crippen molar-refractivity contribution >= 4 is 0 Å². The number of rotatable bonds is 0. The lowest BCUT2D eigenvalue weighted by Gasteiger charge is -2.45. The molecule has 0 N–H and O–H groups in total. The molecule has 106 valence electrons. The first-order chi connectivity index (χ1) is 9.04. The molecule has 2 rings (SSSR count). The van der Waals surface area contributed by atoms with Gasteiger partial charge in [-0.2, -0.15) is 0 Å². The van der Waals surface area contributed by atoms with Gasteiger partial charge < -0.3 is 0 Å². The van der Waals surface area contributed by atoms with Crippen LogP contribution in [-0.4, -0.2) is 0 Å². The summed E-state index contributed by atoms with van der Waals surface area (Å²) in [5.74, 6) is 1.54. The first kappa shape index (κ1) is 14.6. The molecular weight excluding hydrogens is 228 g/mol. The van der Waals surface area contributed by atoms with E-state index in [1.807, 2.05) is 0 Å². The lowest BCUT2D eigenvalue weighted by molar-refractivity contribution is 0.111. The first-order valence-electron chi connectivity index (χ1n) is 8.03. The molecule has 0 spiro atoms. The Balaban J connectivity index is 2.27. The highest BCUT2D eigenvalue weighted by Crippen LogP contribution is 2.49. The molecule has 0 aromatic heterocycles. The Labute approximate surface area is 119 Å². The van der Waals surface area contributed by atoms with Gasteiger partial charge in [-0.25, -0.2) is 0 Å². The average molecular weight is 258 g/mol. The van der Waals surface area contributed by atoms with Crippen molar-refractivity contribution in [1.29, 1.82) is 0 Å². The molecule has 2 aliphatic rings. The summed E-state index contributed by atoms with van der Waals surface area (Å²) in [4.78, 5) is 0. The highest BCUT2D eigenvalue weighted by atomic mass is 14.4. The molecule has 19 heavy (non-hydrogen) atoms. The van der Waals surface area contributed by atoms with Gasteiger partial charge in [0.1, 0.15) is 0 Å². The van der Waals surface area contributed by atoms with Gasteiger partial charge in [-0.1, -0.05) is 56.2 Å². The fourth-order valence-corrected chi connectivity index (χ4v) is 3.68. The Morgan fingerprint density at radius 2 is 1.84 bits per heavy atom. The van der Waals surface area contributed by atoms with Crippen LogP contribution in [0.15, 0.2) is 35.5 Å². The van der Waals surface area contributed by atoms with Gasteiger partial charge in [0.05, 0.1) is 0 Å². The van der Waals surface area contributed by atoms with Crippen molar-refractivity contribution < 1.29 is 0 Å². The molecule has 0 aliphatic heterocycles. The van der Waals surface area contributed by atoms with Crippen LogP contribution >= 0.6 is 0 Å². The van der Waals surface area contributed by atoms with Gasteiger partial charge in [-0.3, -0.25) is 0 Å². The van der Waals surface area contributed by atoms with Crippen LogP contribution in [0.3, 0.4) is 0 Å². The van der Waals surface area contributed by atoms with Crippen molar-refractivity contribution in [2.45, 2.75) is 66.2 Å². The largest absolute Gasteiger partial charge is 0.0885 e. The molecule has 0 saturated carbocycles. The summed E-state index contributed by atoms with van der Waals surface area (Å²) in [5, 5.41) is 0. The van der Waals surface area contributed by atoms with Crippen molar-refractivity contribution in [3.8, 4) is 0 Å². The Morgan fingerprint density at radius 1 is 1.11 bits per heavy atom. The number of hydrogen-bond acceptors (Lipinski definition) is 0.